The molecule has 0 saturated carbocycles. The Morgan fingerprint density at radius 2 is 0.882 bits per heavy atom. The maximum Gasteiger partial charge on any atom is 0.164 e. The zero-order chi connectivity index (χ0) is 33.7. The zero-order valence-corrected chi connectivity index (χ0v) is 28.2. The van der Waals surface area contributed by atoms with E-state index < -0.39 is 0 Å². The number of hydrogen-bond acceptors (Lipinski definition) is 5. The summed E-state index contributed by atoms with van der Waals surface area (Å²) in [4.78, 5) is 20.2. The molecule has 0 bridgehead atoms. The van der Waals surface area contributed by atoms with Crippen LogP contribution >= 0.6 is 11.3 Å². The molecule has 0 aliphatic carbocycles. The molecule has 0 spiro atoms. The van der Waals surface area contributed by atoms with Crippen molar-refractivity contribution in [2.45, 2.75) is 0 Å². The highest BCUT2D eigenvalue weighted by atomic mass is 32.1. The fraction of sp³-hybridized carbons (Fsp3) is 0. The molecular weight excluding hydrogens is 641 g/mol. The van der Waals surface area contributed by atoms with Crippen LogP contribution in [0.4, 0.5) is 0 Å². The zero-order valence-electron chi connectivity index (χ0n) is 27.4. The van der Waals surface area contributed by atoms with Gasteiger partial charge in [0.05, 0.1) is 11.2 Å². The summed E-state index contributed by atoms with van der Waals surface area (Å²) in [5, 5.41) is 6.03. The highest BCUT2D eigenvalue weighted by Crippen LogP contribution is 2.46. The Kier molecular flexibility index (Phi) is 6.96. The second-order valence-corrected chi connectivity index (χ2v) is 13.7. The van der Waals surface area contributed by atoms with E-state index in [1.54, 1.807) is 0 Å². The summed E-state index contributed by atoms with van der Waals surface area (Å²) in [5.41, 5.74) is 8.26. The quantitative estimate of drug-likeness (QED) is 0.183. The maximum absolute atomic E-state index is 5.45. The van der Waals surface area contributed by atoms with E-state index in [-0.39, 0.29) is 0 Å². The molecule has 0 unspecified atom stereocenters. The minimum Gasteiger partial charge on any atom is -0.247 e. The van der Waals surface area contributed by atoms with Gasteiger partial charge in [-0.1, -0.05) is 158 Å². The predicted molar refractivity (Wildman–Crippen MR) is 213 cm³/mol. The lowest BCUT2D eigenvalue weighted by atomic mass is 9.94. The smallest absolute Gasteiger partial charge is 0.164 e. The molecule has 0 atom stereocenters. The van der Waals surface area contributed by atoms with E-state index in [9.17, 15) is 0 Å². The second kappa shape index (κ2) is 12.1. The molecule has 0 aliphatic heterocycles. The van der Waals surface area contributed by atoms with E-state index in [1.807, 2.05) is 72.0 Å². The summed E-state index contributed by atoms with van der Waals surface area (Å²) in [6.07, 6.45) is 0. The van der Waals surface area contributed by atoms with Gasteiger partial charge in [-0.05, 0) is 34.0 Å². The normalized spacial score (nSPS) is 11.5. The predicted octanol–water partition coefficient (Wildman–Crippen LogP) is 12.3. The Labute approximate surface area is 298 Å². The number of aromatic nitrogens is 4. The highest BCUT2D eigenvalue weighted by Gasteiger charge is 2.20. The van der Waals surface area contributed by atoms with Crippen LogP contribution in [0.15, 0.2) is 170 Å². The minimum absolute atomic E-state index is 0.639. The summed E-state index contributed by atoms with van der Waals surface area (Å²) in [7, 11) is 0. The van der Waals surface area contributed by atoms with Crippen LogP contribution in [-0.2, 0) is 0 Å². The van der Waals surface area contributed by atoms with Crippen LogP contribution in [0.5, 0.6) is 0 Å². The van der Waals surface area contributed by atoms with Crippen LogP contribution in [0.25, 0.3) is 98.4 Å². The Hall–Kier alpha value is -6.56. The van der Waals surface area contributed by atoms with Crippen molar-refractivity contribution in [3.8, 4) is 56.5 Å². The van der Waals surface area contributed by atoms with Crippen molar-refractivity contribution in [2.24, 2.45) is 0 Å². The first kappa shape index (κ1) is 29.4. The van der Waals surface area contributed by atoms with Gasteiger partial charge in [-0.25, -0.2) is 19.9 Å². The van der Waals surface area contributed by atoms with E-state index in [0.717, 1.165) is 44.6 Å². The third-order valence-corrected chi connectivity index (χ3v) is 10.7. The number of rotatable bonds is 5. The summed E-state index contributed by atoms with van der Waals surface area (Å²) in [5.74, 6) is 1.94. The van der Waals surface area contributed by atoms with Gasteiger partial charge >= 0.3 is 0 Å². The number of hydrogen-bond donors (Lipinski definition) is 0. The molecule has 7 aromatic carbocycles. The molecule has 5 heteroatoms. The monoisotopic (exact) mass is 668 g/mol. The van der Waals surface area contributed by atoms with Crippen molar-refractivity contribution in [3.05, 3.63) is 170 Å². The van der Waals surface area contributed by atoms with Gasteiger partial charge < -0.3 is 0 Å². The van der Waals surface area contributed by atoms with Crippen LogP contribution in [0.1, 0.15) is 0 Å². The summed E-state index contributed by atoms with van der Waals surface area (Å²) < 4.78 is 2.51. The van der Waals surface area contributed by atoms with Crippen molar-refractivity contribution >= 4 is 53.2 Å². The molecule has 0 amide bonds. The molecule has 10 rings (SSSR count). The van der Waals surface area contributed by atoms with Gasteiger partial charge in [-0.15, -0.1) is 11.3 Å². The lowest BCUT2D eigenvalue weighted by Crippen LogP contribution is -2.00. The van der Waals surface area contributed by atoms with Gasteiger partial charge in [0.15, 0.2) is 17.5 Å². The molecule has 4 nitrogen and oxygen atoms in total. The fourth-order valence-electron chi connectivity index (χ4n) is 7.11. The highest BCUT2D eigenvalue weighted by molar-refractivity contribution is 7.26. The molecular formula is C46H28N4S. The van der Waals surface area contributed by atoms with Gasteiger partial charge in [0.25, 0.3) is 0 Å². The van der Waals surface area contributed by atoms with Crippen molar-refractivity contribution in [3.63, 3.8) is 0 Å². The molecule has 0 fully saturated rings. The van der Waals surface area contributed by atoms with Gasteiger partial charge in [0.1, 0.15) is 0 Å². The average Bonchev–Trinajstić information content (AvgIpc) is 3.61. The maximum atomic E-state index is 5.45. The van der Waals surface area contributed by atoms with Gasteiger partial charge in [-0.2, -0.15) is 0 Å². The third-order valence-electron chi connectivity index (χ3n) is 9.53. The molecule has 3 heterocycles. The number of pyridine rings is 1. The molecule has 0 saturated heterocycles. The molecule has 3 aromatic heterocycles. The number of benzene rings is 7. The van der Waals surface area contributed by atoms with Crippen LogP contribution in [0.3, 0.4) is 0 Å². The standard InChI is InChI=1S/C46H28N4S/c1-3-14-31(15-4-1)44-48-45(32-16-5-2-6-17-32)50-46(49-44)33-27-25-30(26-28-33)35-21-12-23-38-40(35)43-41(37-20-9-10-24-39(37)51-43)42(47-38)36-22-11-18-29-13-7-8-19-34(29)36/h1-28H. The first-order chi connectivity index (χ1) is 25.3. The van der Waals surface area contributed by atoms with Crippen molar-refractivity contribution in [1.29, 1.82) is 0 Å². The molecule has 0 N–H and O–H groups in total. The Bertz CT molecular complexity index is 2840. The number of thiophene rings is 1. The largest absolute Gasteiger partial charge is 0.247 e. The van der Waals surface area contributed by atoms with E-state index in [1.165, 1.54) is 36.3 Å². The van der Waals surface area contributed by atoms with E-state index in [4.69, 9.17) is 19.9 Å². The summed E-state index contributed by atoms with van der Waals surface area (Å²) in [6.45, 7) is 0. The van der Waals surface area contributed by atoms with Crippen LogP contribution in [0.2, 0.25) is 0 Å². The topological polar surface area (TPSA) is 51.6 Å². The number of fused-ring (bicyclic) bond motifs is 6. The SMILES string of the molecule is c1ccc(-c2nc(-c3ccccc3)nc(-c3ccc(-c4cccc5nc(-c6cccc7ccccc67)c6c7ccccc7sc6c45)cc3)n2)cc1. The molecule has 0 radical (unpaired) electrons. The van der Waals surface area contributed by atoms with E-state index >= 15 is 0 Å². The number of nitrogens with zero attached hydrogens (tertiary/aromatic N) is 4. The average molecular weight is 669 g/mol. The van der Waals surface area contributed by atoms with Crippen LogP contribution < -0.4 is 0 Å². The fourth-order valence-corrected chi connectivity index (χ4v) is 8.38. The Balaban J connectivity index is 1.15. The summed E-state index contributed by atoms with van der Waals surface area (Å²) >= 11 is 1.85. The van der Waals surface area contributed by atoms with Gasteiger partial charge in [0, 0.05) is 47.8 Å². The lowest BCUT2D eigenvalue weighted by molar-refractivity contribution is 1.07. The Morgan fingerprint density at radius 3 is 1.59 bits per heavy atom. The second-order valence-electron chi connectivity index (χ2n) is 12.6. The minimum atomic E-state index is 0.639. The van der Waals surface area contributed by atoms with E-state index in [0.29, 0.717) is 17.5 Å². The molecule has 10 aromatic rings. The lowest BCUT2D eigenvalue weighted by Gasteiger charge is -2.13. The van der Waals surface area contributed by atoms with Crippen molar-refractivity contribution < 1.29 is 0 Å². The van der Waals surface area contributed by atoms with Gasteiger partial charge in [0.2, 0.25) is 0 Å². The summed E-state index contributed by atoms with van der Waals surface area (Å²) in [6, 6.07) is 59.0. The first-order valence-electron chi connectivity index (χ1n) is 17.0. The first-order valence-corrected chi connectivity index (χ1v) is 17.8. The molecule has 0 aliphatic rings. The van der Waals surface area contributed by atoms with E-state index in [2.05, 4.69) is 109 Å². The van der Waals surface area contributed by atoms with Gasteiger partial charge in [-0.3, -0.25) is 0 Å². The van der Waals surface area contributed by atoms with Crippen LogP contribution in [0, 0.1) is 0 Å². The van der Waals surface area contributed by atoms with Crippen molar-refractivity contribution in [2.75, 3.05) is 0 Å². The van der Waals surface area contributed by atoms with Crippen LogP contribution in [-0.4, -0.2) is 19.9 Å². The third kappa shape index (κ3) is 5.06. The molecule has 51 heavy (non-hydrogen) atoms. The molecule has 238 valence electrons. The van der Waals surface area contributed by atoms with Crippen molar-refractivity contribution in [1.82, 2.24) is 19.9 Å². The Morgan fingerprint density at radius 1 is 0.353 bits per heavy atom.